The maximum Gasteiger partial charge on any atom is 0.0948 e. The topological polar surface area (TPSA) is 53.1 Å². The summed E-state index contributed by atoms with van der Waals surface area (Å²) in [7, 11) is 0. The molecular weight excluding hydrogens is 202 g/mol. The van der Waals surface area contributed by atoms with Crippen LogP contribution in [-0.2, 0) is 17.7 Å². The third-order valence-electron chi connectivity index (χ3n) is 3.16. The Balaban J connectivity index is 1.81. The Kier molecular flexibility index (Phi) is 4.36. The van der Waals surface area contributed by atoms with Gasteiger partial charge in [0.25, 0.3) is 0 Å². The van der Waals surface area contributed by atoms with Crippen molar-refractivity contribution >= 4 is 0 Å². The lowest BCUT2D eigenvalue weighted by molar-refractivity contribution is 0.00871. The number of nitrogens with zero attached hydrogens (tertiary/aromatic N) is 2. The quantitative estimate of drug-likeness (QED) is 0.819. The molecule has 0 bridgehead atoms. The molecule has 0 amide bonds. The van der Waals surface area contributed by atoms with E-state index in [2.05, 4.69) is 9.55 Å². The summed E-state index contributed by atoms with van der Waals surface area (Å²) in [6.07, 6.45) is 9.99. The minimum Gasteiger partial charge on any atom is -0.378 e. The van der Waals surface area contributed by atoms with Crippen LogP contribution < -0.4 is 5.73 Å². The summed E-state index contributed by atoms with van der Waals surface area (Å²) in [4.78, 5) is 4.17. The Morgan fingerprint density at radius 3 is 3.19 bits per heavy atom. The van der Waals surface area contributed by atoms with E-state index < -0.39 is 0 Å². The molecule has 4 heteroatoms. The zero-order valence-electron chi connectivity index (χ0n) is 9.77. The number of hydrogen-bond acceptors (Lipinski definition) is 3. The first-order chi connectivity index (χ1) is 7.90. The summed E-state index contributed by atoms with van der Waals surface area (Å²) in [5.74, 6) is 0. The van der Waals surface area contributed by atoms with Gasteiger partial charge in [0.1, 0.15) is 0 Å². The van der Waals surface area contributed by atoms with Crippen molar-refractivity contribution in [2.45, 2.75) is 44.8 Å². The number of rotatable bonds is 5. The van der Waals surface area contributed by atoms with E-state index in [9.17, 15) is 0 Å². The van der Waals surface area contributed by atoms with Gasteiger partial charge in [-0.05, 0) is 32.2 Å². The van der Waals surface area contributed by atoms with E-state index in [0.29, 0.717) is 12.6 Å². The second-order valence-corrected chi connectivity index (χ2v) is 4.39. The molecule has 2 heterocycles. The molecule has 0 aromatic carbocycles. The average Bonchev–Trinajstić information content (AvgIpc) is 2.76. The zero-order valence-corrected chi connectivity index (χ0v) is 9.77. The first kappa shape index (κ1) is 11.6. The second-order valence-electron chi connectivity index (χ2n) is 4.39. The normalized spacial score (nSPS) is 21.2. The Labute approximate surface area is 96.8 Å². The van der Waals surface area contributed by atoms with Crippen LogP contribution in [0.4, 0.5) is 0 Å². The Hall–Kier alpha value is -0.870. The Morgan fingerprint density at radius 1 is 1.50 bits per heavy atom. The van der Waals surface area contributed by atoms with Crippen LogP contribution in [0.25, 0.3) is 0 Å². The molecule has 0 spiro atoms. The fourth-order valence-electron chi connectivity index (χ4n) is 2.22. The predicted octanol–water partition coefficient (Wildman–Crippen LogP) is 1.34. The SMILES string of the molecule is NCCc1cncn1CCC1CCCCO1. The molecule has 4 nitrogen and oxygen atoms in total. The van der Waals surface area contributed by atoms with Crippen molar-refractivity contribution in [1.29, 1.82) is 0 Å². The number of ether oxygens (including phenoxy) is 1. The summed E-state index contributed by atoms with van der Waals surface area (Å²) in [5, 5.41) is 0. The maximum absolute atomic E-state index is 5.72. The molecule has 16 heavy (non-hydrogen) atoms. The van der Waals surface area contributed by atoms with Gasteiger partial charge in [0.05, 0.1) is 12.4 Å². The van der Waals surface area contributed by atoms with Crippen LogP contribution in [0.1, 0.15) is 31.4 Å². The Bertz CT molecular complexity index is 305. The molecule has 2 N–H and O–H groups in total. The number of nitrogens with two attached hydrogens (primary N) is 1. The molecule has 1 aromatic heterocycles. The lowest BCUT2D eigenvalue weighted by Crippen LogP contribution is -2.21. The summed E-state index contributed by atoms with van der Waals surface area (Å²) in [6.45, 7) is 2.62. The summed E-state index contributed by atoms with van der Waals surface area (Å²) in [6, 6.07) is 0. The molecule has 1 aliphatic rings. The van der Waals surface area contributed by atoms with Crippen LogP contribution >= 0.6 is 0 Å². The first-order valence-electron chi connectivity index (χ1n) is 6.21. The third-order valence-corrected chi connectivity index (χ3v) is 3.16. The van der Waals surface area contributed by atoms with E-state index in [0.717, 1.165) is 26.0 Å². The van der Waals surface area contributed by atoms with Gasteiger partial charge in [0.2, 0.25) is 0 Å². The highest BCUT2D eigenvalue weighted by Gasteiger charge is 2.13. The Morgan fingerprint density at radius 2 is 2.44 bits per heavy atom. The van der Waals surface area contributed by atoms with Crippen LogP contribution in [0, 0.1) is 0 Å². The highest BCUT2D eigenvalue weighted by atomic mass is 16.5. The van der Waals surface area contributed by atoms with Gasteiger partial charge in [-0.15, -0.1) is 0 Å². The number of aromatic nitrogens is 2. The van der Waals surface area contributed by atoms with E-state index in [1.54, 1.807) is 0 Å². The molecule has 1 aliphatic heterocycles. The van der Waals surface area contributed by atoms with Gasteiger partial charge in [-0.1, -0.05) is 0 Å². The van der Waals surface area contributed by atoms with Crippen molar-refractivity contribution in [1.82, 2.24) is 9.55 Å². The molecule has 1 atom stereocenters. The third kappa shape index (κ3) is 3.06. The minimum atomic E-state index is 0.446. The highest BCUT2D eigenvalue weighted by Crippen LogP contribution is 2.16. The molecule has 1 aromatic rings. The van der Waals surface area contributed by atoms with Crippen LogP contribution in [0.2, 0.25) is 0 Å². The lowest BCUT2D eigenvalue weighted by atomic mass is 10.1. The minimum absolute atomic E-state index is 0.446. The molecule has 1 saturated heterocycles. The van der Waals surface area contributed by atoms with Gasteiger partial charge in [-0.3, -0.25) is 0 Å². The average molecular weight is 223 g/mol. The monoisotopic (exact) mass is 223 g/mol. The molecule has 0 aliphatic carbocycles. The number of hydrogen-bond donors (Lipinski definition) is 1. The van der Waals surface area contributed by atoms with Crippen molar-refractivity contribution in [3.8, 4) is 0 Å². The van der Waals surface area contributed by atoms with E-state index in [-0.39, 0.29) is 0 Å². The van der Waals surface area contributed by atoms with Crippen LogP contribution in [0.15, 0.2) is 12.5 Å². The summed E-state index contributed by atoms with van der Waals surface area (Å²) < 4.78 is 7.92. The smallest absolute Gasteiger partial charge is 0.0948 e. The summed E-state index contributed by atoms with van der Waals surface area (Å²) >= 11 is 0. The van der Waals surface area contributed by atoms with E-state index in [4.69, 9.17) is 10.5 Å². The lowest BCUT2D eigenvalue weighted by Gasteiger charge is -2.22. The number of aryl methyl sites for hydroxylation is 1. The number of imidazole rings is 1. The van der Waals surface area contributed by atoms with Crippen LogP contribution in [0.5, 0.6) is 0 Å². The van der Waals surface area contributed by atoms with Crippen molar-refractivity contribution in [2.75, 3.05) is 13.2 Å². The van der Waals surface area contributed by atoms with Crippen molar-refractivity contribution in [2.24, 2.45) is 5.73 Å². The fraction of sp³-hybridized carbons (Fsp3) is 0.750. The van der Waals surface area contributed by atoms with Gasteiger partial charge >= 0.3 is 0 Å². The van der Waals surface area contributed by atoms with E-state index >= 15 is 0 Å². The van der Waals surface area contributed by atoms with E-state index in [1.807, 2.05) is 12.5 Å². The van der Waals surface area contributed by atoms with Crippen molar-refractivity contribution in [3.05, 3.63) is 18.2 Å². The zero-order chi connectivity index (χ0) is 11.2. The molecule has 90 valence electrons. The second kappa shape index (κ2) is 6.01. The molecular formula is C12H21N3O. The highest BCUT2D eigenvalue weighted by molar-refractivity contribution is 4.98. The first-order valence-corrected chi connectivity index (χ1v) is 6.21. The molecule has 2 rings (SSSR count). The van der Waals surface area contributed by atoms with Gasteiger partial charge in [0.15, 0.2) is 0 Å². The van der Waals surface area contributed by atoms with Crippen molar-refractivity contribution in [3.63, 3.8) is 0 Å². The van der Waals surface area contributed by atoms with Crippen molar-refractivity contribution < 1.29 is 4.74 Å². The molecule has 1 unspecified atom stereocenters. The van der Waals surface area contributed by atoms with Gasteiger partial charge < -0.3 is 15.0 Å². The van der Waals surface area contributed by atoms with E-state index in [1.165, 1.54) is 25.0 Å². The predicted molar refractivity (Wildman–Crippen MR) is 63.2 cm³/mol. The maximum atomic E-state index is 5.72. The molecule has 0 radical (unpaired) electrons. The van der Waals surface area contributed by atoms with Gasteiger partial charge in [-0.25, -0.2) is 4.98 Å². The van der Waals surface area contributed by atoms with Gasteiger partial charge in [-0.2, -0.15) is 0 Å². The van der Waals surface area contributed by atoms with Crippen LogP contribution in [-0.4, -0.2) is 28.8 Å². The fourth-order valence-corrected chi connectivity index (χ4v) is 2.22. The molecule has 0 saturated carbocycles. The largest absolute Gasteiger partial charge is 0.378 e. The van der Waals surface area contributed by atoms with Crippen LogP contribution in [0.3, 0.4) is 0 Å². The van der Waals surface area contributed by atoms with Gasteiger partial charge in [0, 0.05) is 31.5 Å². The standard InChI is InChI=1S/C12H21N3O/c13-6-4-11-9-14-10-15(11)7-5-12-3-1-2-8-16-12/h9-10,12H,1-8,13H2. The summed E-state index contributed by atoms with van der Waals surface area (Å²) in [5.41, 5.74) is 6.80. The molecule has 1 fully saturated rings.